The largest absolute Gasteiger partial charge is 0.383 e. The number of fused-ring (bicyclic) bond motifs is 1. The third kappa shape index (κ3) is 3.26. The van der Waals surface area contributed by atoms with E-state index in [9.17, 15) is 4.79 Å². The first-order valence-electron chi connectivity index (χ1n) is 9.18. The van der Waals surface area contributed by atoms with Gasteiger partial charge in [0.2, 0.25) is 5.91 Å². The first kappa shape index (κ1) is 17.9. The second kappa shape index (κ2) is 7.26. The van der Waals surface area contributed by atoms with Crippen LogP contribution in [0.25, 0.3) is 11.0 Å². The first-order chi connectivity index (χ1) is 12.5. The first-order valence-corrected chi connectivity index (χ1v) is 10.3. The van der Waals surface area contributed by atoms with Crippen LogP contribution in [0.2, 0.25) is 0 Å². The summed E-state index contributed by atoms with van der Waals surface area (Å²) in [6.45, 7) is 5.34. The van der Waals surface area contributed by atoms with Crippen LogP contribution in [0.3, 0.4) is 0 Å². The van der Waals surface area contributed by atoms with Crippen molar-refractivity contribution in [2.24, 2.45) is 0 Å². The number of hydrogen-bond acceptors (Lipinski definition) is 6. The van der Waals surface area contributed by atoms with Gasteiger partial charge in [-0.2, -0.15) is 5.10 Å². The van der Waals surface area contributed by atoms with Crippen LogP contribution in [-0.4, -0.2) is 67.7 Å². The molecule has 2 fully saturated rings. The highest BCUT2D eigenvalue weighted by Crippen LogP contribution is 2.34. The van der Waals surface area contributed by atoms with Gasteiger partial charge < -0.3 is 10.6 Å². The van der Waals surface area contributed by atoms with Crippen molar-refractivity contribution in [3.8, 4) is 0 Å². The fraction of sp³-hybridized carbons (Fsp3) is 0.647. The molecule has 140 valence electrons. The van der Waals surface area contributed by atoms with Crippen molar-refractivity contribution >= 4 is 45.3 Å². The van der Waals surface area contributed by atoms with Gasteiger partial charge in [-0.3, -0.25) is 9.69 Å². The summed E-state index contributed by atoms with van der Waals surface area (Å²) < 4.78 is 2.93. The summed E-state index contributed by atoms with van der Waals surface area (Å²) in [6.07, 6.45) is 6.02. The van der Waals surface area contributed by atoms with E-state index < -0.39 is 0 Å². The minimum absolute atomic E-state index is 0.190. The Morgan fingerprint density at radius 3 is 2.42 bits per heavy atom. The third-order valence-electron chi connectivity index (χ3n) is 5.76. The number of halogens is 1. The van der Waals surface area contributed by atoms with Crippen molar-refractivity contribution in [1.82, 2.24) is 29.5 Å². The van der Waals surface area contributed by atoms with Gasteiger partial charge in [-0.25, -0.2) is 14.6 Å². The minimum Gasteiger partial charge on any atom is -0.383 e. The Hall–Kier alpha value is -1.49. The van der Waals surface area contributed by atoms with E-state index in [1.807, 2.05) is 4.90 Å². The number of carbonyl (C=O) groups is 1. The Morgan fingerprint density at radius 2 is 1.77 bits per heavy atom. The Morgan fingerprint density at radius 1 is 1.12 bits per heavy atom. The molecule has 0 atom stereocenters. The molecule has 3 heterocycles. The van der Waals surface area contributed by atoms with E-state index in [0.29, 0.717) is 17.9 Å². The van der Waals surface area contributed by atoms with E-state index >= 15 is 0 Å². The lowest BCUT2D eigenvalue weighted by Gasteiger charge is -2.41. The highest BCUT2D eigenvalue weighted by atomic mass is 127. The number of piperazine rings is 1. The molecular formula is C17H24IN7O. The molecule has 1 aliphatic heterocycles. The molecule has 1 saturated carbocycles. The fourth-order valence-electron chi connectivity index (χ4n) is 4.28. The SMILES string of the molecule is CC(=O)N1CCN(C2CCC(n3nc(I)c4c(N)ncnc43)CC2)CC1. The number of nitrogens with zero attached hydrogens (tertiary/aromatic N) is 6. The zero-order chi connectivity index (χ0) is 18.3. The average molecular weight is 469 g/mol. The molecule has 0 spiro atoms. The predicted octanol–water partition coefficient (Wildman–Crippen LogP) is 1.66. The van der Waals surface area contributed by atoms with E-state index in [1.54, 1.807) is 6.92 Å². The van der Waals surface area contributed by atoms with Gasteiger partial charge >= 0.3 is 0 Å². The zero-order valence-electron chi connectivity index (χ0n) is 14.9. The molecule has 0 bridgehead atoms. The Kier molecular flexibility index (Phi) is 5.00. The maximum atomic E-state index is 11.5. The van der Waals surface area contributed by atoms with E-state index in [2.05, 4.69) is 42.1 Å². The molecule has 1 aliphatic carbocycles. The standard InChI is InChI=1S/C17H24IN7O/c1-11(26)23-6-8-24(9-7-23)12-2-4-13(5-3-12)25-17-14(15(18)22-25)16(19)20-10-21-17/h10,12-13H,2-9H2,1H3,(H2,19,20,21). The molecule has 9 heteroatoms. The lowest BCUT2D eigenvalue weighted by Crippen LogP contribution is -2.52. The van der Waals surface area contributed by atoms with Crippen LogP contribution in [0, 0.1) is 3.70 Å². The molecule has 8 nitrogen and oxygen atoms in total. The smallest absolute Gasteiger partial charge is 0.219 e. The van der Waals surface area contributed by atoms with Gasteiger partial charge in [-0.05, 0) is 48.3 Å². The molecular weight excluding hydrogens is 445 g/mol. The quantitative estimate of drug-likeness (QED) is 0.673. The topological polar surface area (TPSA) is 93.2 Å². The molecule has 2 N–H and O–H groups in total. The molecule has 2 aromatic heterocycles. The summed E-state index contributed by atoms with van der Waals surface area (Å²) in [5.74, 6) is 0.692. The van der Waals surface area contributed by atoms with E-state index in [-0.39, 0.29) is 5.91 Å². The van der Waals surface area contributed by atoms with Gasteiger partial charge in [0.25, 0.3) is 0 Å². The predicted molar refractivity (Wildman–Crippen MR) is 108 cm³/mol. The van der Waals surface area contributed by atoms with Gasteiger partial charge in [0.05, 0.1) is 11.4 Å². The lowest BCUT2D eigenvalue weighted by molar-refractivity contribution is -0.131. The maximum Gasteiger partial charge on any atom is 0.219 e. The van der Waals surface area contributed by atoms with Crippen LogP contribution < -0.4 is 5.73 Å². The van der Waals surface area contributed by atoms with Gasteiger partial charge in [-0.1, -0.05) is 0 Å². The van der Waals surface area contributed by atoms with Gasteiger partial charge in [0.15, 0.2) is 5.65 Å². The number of amides is 1. The van der Waals surface area contributed by atoms with Crippen molar-refractivity contribution in [2.75, 3.05) is 31.9 Å². The van der Waals surface area contributed by atoms with Crippen molar-refractivity contribution in [3.63, 3.8) is 0 Å². The van der Waals surface area contributed by atoms with Crippen LogP contribution in [-0.2, 0) is 4.79 Å². The number of hydrogen-bond donors (Lipinski definition) is 1. The zero-order valence-corrected chi connectivity index (χ0v) is 17.1. The van der Waals surface area contributed by atoms with Crippen molar-refractivity contribution in [1.29, 1.82) is 0 Å². The highest BCUT2D eigenvalue weighted by Gasteiger charge is 2.31. The van der Waals surface area contributed by atoms with Crippen LogP contribution in [0.15, 0.2) is 6.33 Å². The van der Waals surface area contributed by atoms with Crippen LogP contribution in [0.1, 0.15) is 38.6 Å². The van der Waals surface area contributed by atoms with Gasteiger partial charge in [0.1, 0.15) is 15.8 Å². The summed E-state index contributed by atoms with van der Waals surface area (Å²) in [5, 5.41) is 5.58. The maximum absolute atomic E-state index is 11.5. The van der Waals surface area contributed by atoms with Gasteiger partial charge in [-0.15, -0.1) is 0 Å². The minimum atomic E-state index is 0.190. The molecule has 26 heavy (non-hydrogen) atoms. The molecule has 2 aromatic rings. The van der Waals surface area contributed by atoms with Crippen LogP contribution in [0.5, 0.6) is 0 Å². The highest BCUT2D eigenvalue weighted by molar-refractivity contribution is 14.1. The summed E-state index contributed by atoms with van der Waals surface area (Å²) in [6, 6.07) is 0.978. The number of nitrogens with two attached hydrogens (primary N) is 1. The third-order valence-corrected chi connectivity index (χ3v) is 6.52. The Bertz CT molecular complexity index is 807. The molecule has 4 rings (SSSR count). The number of carbonyl (C=O) groups excluding carboxylic acids is 1. The van der Waals surface area contributed by atoms with E-state index in [4.69, 9.17) is 10.8 Å². The van der Waals surface area contributed by atoms with Crippen molar-refractivity contribution in [3.05, 3.63) is 10.0 Å². The molecule has 0 aromatic carbocycles. The monoisotopic (exact) mass is 469 g/mol. The number of rotatable bonds is 2. The van der Waals surface area contributed by atoms with Crippen molar-refractivity contribution < 1.29 is 4.79 Å². The molecule has 2 aliphatic rings. The van der Waals surface area contributed by atoms with Crippen LogP contribution >= 0.6 is 22.6 Å². The lowest BCUT2D eigenvalue weighted by atomic mass is 9.90. The van der Waals surface area contributed by atoms with E-state index in [1.165, 1.54) is 6.33 Å². The van der Waals surface area contributed by atoms with E-state index in [0.717, 1.165) is 66.6 Å². The second-order valence-electron chi connectivity index (χ2n) is 7.20. The molecule has 0 radical (unpaired) electrons. The summed E-state index contributed by atoms with van der Waals surface area (Å²) in [7, 11) is 0. The molecule has 0 unspecified atom stereocenters. The van der Waals surface area contributed by atoms with Gasteiger partial charge in [0, 0.05) is 39.1 Å². The fourth-order valence-corrected chi connectivity index (χ4v) is 5.03. The summed E-state index contributed by atoms with van der Waals surface area (Å²) in [4.78, 5) is 24.5. The number of nitrogen functional groups attached to an aromatic ring is 1. The Balaban J connectivity index is 1.42. The number of anilines is 1. The molecule has 1 amide bonds. The normalized spacial score (nSPS) is 24.9. The summed E-state index contributed by atoms with van der Waals surface area (Å²) in [5.41, 5.74) is 6.86. The Labute approximate surface area is 166 Å². The van der Waals surface area contributed by atoms with Crippen LogP contribution in [0.4, 0.5) is 5.82 Å². The molecule has 1 saturated heterocycles. The average Bonchev–Trinajstić information content (AvgIpc) is 3.00. The summed E-state index contributed by atoms with van der Waals surface area (Å²) >= 11 is 2.21. The van der Waals surface area contributed by atoms with Crippen molar-refractivity contribution in [2.45, 2.75) is 44.7 Å². The second-order valence-corrected chi connectivity index (χ2v) is 8.22. The number of aromatic nitrogens is 4.